The Kier molecular flexibility index (Phi) is 7.71. The summed E-state index contributed by atoms with van der Waals surface area (Å²) in [6, 6.07) is 14.8. The maximum Gasteiger partial charge on any atom is 0.122 e. The van der Waals surface area contributed by atoms with Crippen LogP contribution in [0.5, 0.6) is 34.5 Å². The molecule has 0 fully saturated rings. The number of aryl methyl sites for hydroxylation is 4. The van der Waals surface area contributed by atoms with Gasteiger partial charge in [0.1, 0.15) is 34.5 Å². The summed E-state index contributed by atoms with van der Waals surface area (Å²) >= 11 is 0. The topological polar surface area (TPSA) is 77.4 Å². The molecule has 0 unspecified atom stereocenters. The molecule has 0 amide bonds. The lowest BCUT2D eigenvalue weighted by molar-refractivity contribution is 0.393. The third-order valence-corrected chi connectivity index (χ3v) is 5.47. The van der Waals surface area contributed by atoms with Gasteiger partial charge in [-0.3, -0.25) is 0 Å². The smallest absolute Gasteiger partial charge is 0.122 e. The summed E-state index contributed by atoms with van der Waals surface area (Å²) in [5, 5.41) is 20.7. The highest BCUT2D eigenvalue weighted by Crippen LogP contribution is 2.31. The molecule has 3 aromatic carbocycles. The van der Waals surface area contributed by atoms with Gasteiger partial charge in [-0.1, -0.05) is 0 Å². The molecule has 0 aliphatic rings. The van der Waals surface area contributed by atoms with E-state index in [1.54, 1.807) is 28.4 Å². The molecule has 6 heteroatoms. The second-order valence-corrected chi connectivity index (χ2v) is 7.55. The Morgan fingerprint density at radius 1 is 0.469 bits per heavy atom. The summed E-state index contributed by atoms with van der Waals surface area (Å²) in [5.74, 6) is 3.08. The van der Waals surface area contributed by atoms with Gasteiger partial charge in [0.05, 0.1) is 28.4 Å². The van der Waals surface area contributed by atoms with E-state index in [-0.39, 0.29) is 11.5 Å². The third kappa shape index (κ3) is 5.78. The van der Waals surface area contributed by atoms with Crippen molar-refractivity contribution in [2.45, 2.75) is 25.7 Å². The molecule has 0 saturated heterocycles. The normalized spacial score (nSPS) is 10.6. The molecule has 2 N–H and O–H groups in total. The molecule has 0 spiro atoms. The van der Waals surface area contributed by atoms with Gasteiger partial charge in [0.25, 0.3) is 0 Å². The predicted molar refractivity (Wildman–Crippen MR) is 124 cm³/mol. The summed E-state index contributed by atoms with van der Waals surface area (Å²) in [7, 11) is 6.48. The number of hydrogen-bond donors (Lipinski definition) is 2. The fourth-order valence-corrected chi connectivity index (χ4v) is 3.65. The molecule has 0 bridgehead atoms. The van der Waals surface area contributed by atoms with Gasteiger partial charge < -0.3 is 29.2 Å². The van der Waals surface area contributed by atoms with E-state index < -0.39 is 0 Å². The molecular weight excluding hydrogens is 408 g/mol. The van der Waals surface area contributed by atoms with Gasteiger partial charge in [-0.05, 0) is 78.3 Å². The average molecular weight is 439 g/mol. The van der Waals surface area contributed by atoms with Crippen LogP contribution >= 0.6 is 0 Å². The van der Waals surface area contributed by atoms with Gasteiger partial charge >= 0.3 is 0 Å². The van der Waals surface area contributed by atoms with Crippen LogP contribution in [-0.4, -0.2) is 38.7 Å². The number of methoxy groups -OCH3 is 4. The first-order chi connectivity index (χ1) is 15.4. The molecule has 3 aromatic rings. The van der Waals surface area contributed by atoms with E-state index in [9.17, 15) is 10.2 Å². The maximum absolute atomic E-state index is 10.4. The van der Waals surface area contributed by atoms with Gasteiger partial charge in [-0.15, -0.1) is 0 Å². The predicted octanol–water partition coefficient (Wildman–Crippen LogP) is 4.70. The number of benzene rings is 3. The Morgan fingerprint density at radius 2 is 0.812 bits per heavy atom. The Labute approximate surface area is 189 Å². The summed E-state index contributed by atoms with van der Waals surface area (Å²) in [5.41, 5.74) is 3.64. The fraction of sp³-hybridized carbons (Fsp3) is 0.308. The van der Waals surface area contributed by atoms with Crippen LogP contribution in [0.1, 0.15) is 22.3 Å². The van der Waals surface area contributed by atoms with Crippen LogP contribution in [0.25, 0.3) is 0 Å². The van der Waals surface area contributed by atoms with E-state index in [0.29, 0.717) is 25.7 Å². The second-order valence-electron chi connectivity index (χ2n) is 7.55. The summed E-state index contributed by atoms with van der Waals surface area (Å²) < 4.78 is 21.3. The molecule has 170 valence electrons. The number of rotatable bonds is 10. The second kappa shape index (κ2) is 10.7. The number of hydrogen-bond acceptors (Lipinski definition) is 6. The number of phenolic OH excluding ortho intramolecular Hbond substituents is 2. The van der Waals surface area contributed by atoms with E-state index in [2.05, 4.69) is 0 Å². The molecule has 0 radical (unpaired) electrons. The largest absolute Gasteiger partial charge is 0.508 e. The van der Waals surface area contributed by atoms with E-state index in [0.717, 1.165) is 45.3 Å². The van der Waals surface area contributed by atoms with E-state index in [1.165, 1.54) is 6.07 Å². The average Bonchev–Trinajstić information content (AvgIpc) is 2.82. The SMILES string of the molecule is COc1cc(CCc2cc(CCc3cc(OC)cc(OC)c3)c(O)cc2O)cc(OC)c1. The van der Waals surface area contributed by atoms with Crippen LogP contribution in [0, 0.1) is 0 Å². The third-order valence-electron chi connectivity index (χ3n) is 5.47. The van der Waals surface area contributed by atoms with E-state index in [1.807, 2.05) is 42.5 Å². The van der Waals surface area contributed by atoms with Crippen molar-refractivity contribution in [3.8, 4) is 34.5 Å². The Morgan fingerprint density at radius 3 is 1.12 bits per heavy atom. The number of phenols is 2. The molecule has 3 rings (SSSR count). The highest BCUT2D eigenvalue weighted by atomic mass is 16.5. The van der Waals surface area contributed by atoms with Crippen LogP contribution in [0.3, 0.4) is 0 Å². The molecule has 32 heavy (non-hydrogen) atoms. The van der Waals surface area contributed by atoms with Gasteiger partial charge in [-0.25, -0.2) is 0 Å². The minimum atomic E-state index is 0.0872. The quantitative estimate of drug-likeness (QED) is 0.478. The van der Waals surface area contributed by atoms with Crippen molar-refractivity contribution in [3.05, 3.63) is 70.8 Å². The summed E-state index contributed by atoms with van der Waals surface area (Å²) in [6.07, 6.45) is 2.61. The highest BCUT2D eigenvalue weighted by Gasteiger charge is 2.11. The Balaban J connectivity index is 1.75. The van der Waals surface area contributed by atoms with Crippen LogP contribution in [0.15, 0.2) is 48.5 Å². The van der Waals surface area contributed by atoms with Crippen LogP contribution in [0.2, 0.25) is 0 Å². The minimum absolute atomic E-state index is 0.0872. The molecule has 0 atom stereocenters. The number of aromatic hydroxyl groups is 2. The fourth-order valence-electron chi connectivity index (χ4n) is 3.65. The molecule has 0 aliphatic carbocycles. The number of ether oxygens (including phenoxy) is 4. The van der Waals surface area contributed by atoms with Crippen molar-refractivity contribution in [2.24, 2.45) is 0 Å². The molecule has 6 nitrogen and oxygen atoms in total. The molecule has 0 aliphatic heterocycles. The van der Waals surface area contributed by atoms with E-state index >= 15 is 0 Å². The minimum Gasteiger partial charge on any atom is -0.508 e. The van der Waals surface area contributed by atoms with Gasteiger partial charge in [0.2, 0.25) is 0 Å². The molecule has 0 aromatic heterocycles. The van der Waals surface area contributed by atoms with Gasteiger partial charge in [-0.2, -0.15) is 0 Å². The molecule has 0 saturated carbocycles. The molecule has 0 heterocycles. The van der Waals surface area contributed by atoms with Crippen molar-refractivity contribution in [1.29, 1.82) is 0 Å². The lowest BCUT2D eigenvalue weighted by Crippen LogP contribution is -1.98. The van der Waals surface area contributed by atoms with Crippen LogP contribution in [-0.2, 0) is 25.7 Å². The van der Waals surface area contributed by atoms with Crippen molar-refractivity contribution in [3.63, 3.8) is 0 Å². The first-order valence-electron chi connectivity index (χ1n) is 10.4. The first kappa shape index (κ1) is 23.1. The van der Waals surface area contributed by atoms with Gasteiger partial charge in [0.15, 0.2) is 0 Å². The Hall–Kier alpha value is -3.54. The molecular formula is C26H30O6. The van der Waals surface area contributed by atoms with Crippen LogP contribution in [0.4, 0.5) is 0 Å². The first-order valence-corrected chi connectivity index (χ1v) is 10.4. The monoisotopic (exact) mass is 438 g/mol. The zero-order valence-corrected chi connectivity index (χ0v) is 19.0. The Bertz CT molecular complexity index is 935. The highest BCUT2D eigenvalue weighted by molar-refractivity contribution is 5.47. The summed E-state index contributed by atoms with van der Waals surface area (Å²) in [6.45, 7) is 0. The zero-order chi connectivity index (χ0) is 23.1. The van der Waals surface area contributed by atoms with E-state index in [4.69, 9.17) is 18.9 Å². The van der Waals surface area contributed by atoms with Crippen molar-refractivity contribution in [2.75, 3.05) is 28.4 Å². The lowest BCUT2D eigenvalue weighted by Gasteiger charge is -2.13. The van der Waals surface area contributed by atoms with Crippen molar-refractivity contribution < 1.29 is 29.2 Å². The van der Waals surface area contributed by atoms with Crippen LogP contribution < -0.4 is 18.9 Å². The summed E-state index contributed by atoms with van der Waals surface area (Å²) in [4.78, 5) is 0. The van der Waals surface area contributed by atoms with Crippen molar-refractivity contribution >= 4 is 0 Å². The van der Waals surface area contributed by atoms with Gasteiger partial charge in [0, 0.05) is 18.2 Å². The standard InChI is InChI=1S/C26H30O6/c1-29-21-9-17(10-22(14-21)30-2)5-7-19-13-20(26(28)16-25(19)27)8-6-18-11-23(31-3)15-24(12-18)32-4/h9-16,27-28H,5-8H2,1-4H3. The van der Waals surface area contributed by atoms with Crippen molar-refractivity contribution in [1.82, 2.24) is 0 Å². The zero-order valence-electron chi connectivity index (χ0n) is 19.0. The lowest BCUT2D eigenvalue weighted by atomic mass is 9.97. The maximum atomic E-state index is 10.4.